The van der Waals surface area contributed by atoms with Crippen molar-refractivity contribution < 1.29 is 4.39 Å². The third kappa shape index (κ3) is 1.99. The first-order chi connectivity index (χ1) is 7.59. The maximum atomic E-state index is 13.3. The van der Waals surface area contributed by atoms with Crippen LogP contribution in [0.3, 0.4) is 0 Å². The molecule has 2 N–H and O–H groups in total. The van der Waals surface area contributed by atoms with Gasteiger partial charge in [-0.05, 0) is 50.8 Å². The summed E-state index contributed by atoms with van der Waals surface area (Å²) in [5.74, 6) is -0.217. The van der Waals surface area contributed by atoms with E-state index in [9.17, 15) is 4.39 Å². The summed E-state index contributed by atoms with van der Waals surface area (Å²) in [4.78, 5) is 2.30. The van der Waals surface area contributed by atoms with Gasteiger partial charge in [0.25, 0.3) is 0 Å². The van der Waals surface area contributed by atoms with E-state index in [-0.39, 0.29) is 5.82 Å². The van der Waals surface area contributed by atoms with Crippen molar-refractivity contribution >= 4 is 11.4 Å². The first kappa shape index (κ1) is 11.2. The molecule has 0 saturated carbocycles. The van der Waals surface area contributed by atoms with Gasteiger partial charge in [-0.1, -0.05) is 0 Å². The maximum Gasteiger partial charge on any atom is 0.128 e. The van der Waals surface area contributed by atoms with Crippen LogP contribution >= 0.6 is 0 Å². The molecular weight excluding hydrogens is 203 g/mol. The number of hydrogen-bond donors (Lipinski definition) is 1. The van der Waals surface area contributed by atoms with Crippen molar-refractivity contribution in [2.75, 3.05) is 17.2 Å². The summed E-state index contributed by atoms with van der Waals surface area (Å²) >= 11 is 0. The summed E-state index contributed by atoms with van der Waals surface area (Å²) < 4.78 is 13.3. The summed E-state index contributed by atoms with van der Waals surface area (Å²) in [6.45, 7) is 5.01. The number of anilines is 2. The van der Waals surface area contributed by atoms with Gasteiger partial charge in [-0.25, -0.2) is 4.39 Å². The van der Waals surface area contributed by atoms with Gasteiger partial charge in [0.2, 0.25) is 0 Å². The number of piperidine rings is 1. The van der Waals surface area contributed by atoms with Gasteiger partial charge >= 0.3 is 0 Å². The summed E-state index contributed by atoms with van der Waals surface area (Å²) in [5.41, 5.74) is 8.11. The molecule has 2 nitrogen and oxygen atoms in total. The van der Waals surface area contributed by atoms with E-state index in [1.165, 1.54) is 25.3 Å². The van der Waals surface area contributed by atoms with Crippen LogP contribution in [0, 0.1) is 12.7 Å². The molecule has 0 bridgehead atoms. The van der Waals surface area contributed by atoms with Crippen LogP contribution in [0.25, 0.3) is 0 Å². The van der Waals surface area contributed by atoms with Crippen molar-refractivity contribution in [3.63, 3.8) is 0 Å². The molecule has 3 heteroatoms. The van der Waals surface area contributed by atoms with Crippen LogP contribution in [0.15, 0.2) is 12.1 Å². The molecule has 1 atom stereocenters. The number of rotatable bonds is 1. The number of aryl methyl sites for hydroxylation is 1. The smallest absolute Gasteiger partial charge is 0.128 e. The molecular formula is C13H19FN2. The van der Waals surface area contributed by atoms with E-state index in [2.05, 4.69) is 11.8 Å². The Bertz CT molecular complexity index is 390. The van der Waals surface area contributed by atoms with Crippen LogP contribution in [-0.4, -0.2) is 12.6 Å². The van der Waals surface area contributed by atoms with E-state index in [4.69, 9.17) is 5.73 Å². The zero-order valence-corrected chi connectivity index (χ0v) is 9.96. The molecule has 1 saturated heterocycles. The molecule has 1 unspecified atom stereocenters. The van der Waals surface area contributed by atoms with Crippen LogP contribution in [0.4, 0.5) is 15.8 Å². The van der Waals surface area contributed by atoms with Crippen molar-refractivity contribution in [3.05, 3.63) is 23.5 Å². The lowest BCUT2D eigenvalue weighted by Gasteiger charge is -2.36. The first-order valence-electron chi connectivity index (χ1n) is 5.92. The minimum Gasteiger partial charge on any atom is -0.397 e. The predicted molar refractivity (Wildman–Crippen MR) is 66.2 cm³/mol. The molecule has 0 spiro atoms. The molecule has 0 aliphatic carbocycles. The number of benzene rings is 1. The van der Waals surface area contributed by atoms with Gasteiger partial charge in [0.1, 0.15) is 5.82 Å². The van der Waals surface area contributed by atoms with E-state index in [0.29, 0.717) is 17.3 Å². The van der Waals surface area contributed by atoms with E-state index < -0.39 is 0 Å². The molecule has 0 aromatic heterocycles. The fraction of sp³-hybridized carbons (Fsp3) is 0.538. The number of nitrogens with two attached hydrogens (primary N) is 1. The second-order valence-corrected chi connectivity index (χ2v) is 4.70. The van der Waals surface area contributed by atoms with Crippen LogP contribution in [-0.2, 0) is 0 Å². The third-order valence-corrected chi connectivity index (χ3v) is 3.42. The van der Waals surface area contributed by atoms with E-state index in [1.807, 2.05) is 6.07 Å². The lowest BCUT2D eigenvalue weighted by atomic mass is 10.0. The Kier molecular flexibility index (Phi) is 3.03. The fourth-order valence-corrected chi connectivity index (χ4v) is 2.39. The molecule has 0 amide bonds. The standard InChI is InChI=1S/C13H19FN2/c1-9-7-13(12(15)8-11(9)14)16-6-4-3-5-10(16)2/h7-8,10H,3-6,15H2,1-2H3. The second-order valence-electron chi connectivity index (χ2n) is 4.70. The van der Waals surface area contributed by atoms with Crippen LogP contribution in [0.1, 0.15) is 31.7 Å². The Morgan fingerprint density at radius 2 is 2.12 bits per heavy atom. The van der Waals surface area contributed by atoms with Crippen molar-refractivity contribution in [1.82, 2.24) is 0 Å². The average molecular weight is 222 g/mol. The Hall–Kier alpha value is -1.25. The summed E-state index contributed by atoms with van der Waals surface area (Å²) in [7, 11) is 0. The highest BCUT2D eigenvalue weighted by Gasteiger charge is 2.20. The lowest BCUT2D eigenvalue weighted by molar-refractivity contribution is 0.485. The molecule has 2 rings (SSSR count). The van der Waals surface area contributed by atoms with Crippen molar-refractivity contribution in [1.29, 1.82) is 0 Å². The van der Waals surface area contributed by atoms with E-state index >= 15 is 0 Å². The molecule has 1 heterocycles. The Balaban J connectivity index is 2.35. The minimum absolute atomic E-state index is 0.217. The maximum absolute atomic E-state index is 13.3. The van der Waals surface area contributed by atoms with Gasteiger partial charge in [0, 0.05) is 12.6 Å². The van der Waals surface area contributed by atoms with Crippen LogP contribution in [0.5, 0.6) is 0 Å². The second kappa shape index (κ2) is 4.32. The molecule has 1 aliphatic heterocycles. The molecule has 1 aromatic carbocycles. The van der Waals surface area contributed by atoms with Gasteiger partial charge in [0.15, 0.2) is 0 Å². The Morgan fingerprint density at radius 3 is 2.81 bits per heavy atom. The van der Waals surface area contributed by atoms with Crippen LogP contribution in [0.2, 0.25) is 0 Å². The van der Waals surface area contributed by atoms with Gasteiger partial charge in [-0.2, -0.15) is 0 Å². The fourth-order valence-electron chi connectivity index (χ4n) is 2.39. The third-order valence-electron chi connectivity index (χ3n) is 3.42. The number of nitrogen functional groups attached to an aromatic ring is 1. The highest BCUT2D eigenvalue weighted by molar-refractivity contribution is 5.69. The normalized spacial score (nSPS) is 21.2. The largest absolute Gasteiger partial charge is 0.397 e. The topological polar surface area (TPSA) is 29.3 Å². The summed E-state index contributed by atoms with van der Waals surface area (Å²) in [5, 5.41) is 0. The summed E-state index contributed by atoms with van der Waals surface area (Å²) in [6, 6.07) is 3.80. The monoisotopic (exact) mass is 222 g/mol. The number of nitrogens with zero attached hydrogens (tertiary/aromatic N) is 1. The zero-order chi connectivity index (χ0) is 11.7. The van der Waals surface area contributed by atoms with E-state index in [1.54, 1.807) is 6.92 Å². The first-order valence-corrected chi connectivity index (χ1v) is 5.92. The van der Waals surface area contributed by atoms with Crippen molar-refractivity contribution in [2.24, 2.45) is 0 Å². The molecule has 0 radical (unpaired) electrons. The quantitative estimate of drug-likeness (QED) is 0.740. The average Bonchev–Trinajstić information content (AvgIpc) is 2.25. The molecule has 88 valence electrons. The molecule has 1 aliphatic rings. The zero-order valence-electron chi connectivity index (χ0n) is 9.96. The summed E-state index contributed by atoms with van der Waals surface area (Å²) in [6.07, 6.45) is 3.66. The predicted octanol–water partition coefficient (Wildman–Crippen LogP) is 3.10. The molecule has 16 heavy (non-hydrogen) atoms. The SMILES string of the molecule is Cc1cc(N2CCCCC2C)c(N)cc1F. The van der Waals surface area contributed by atoms with Crippen molar-refractivity contribution in [2.45, 2.75) is 39.2 Å². The van der Waals surface area contributed by atoms with Crippen molar-refractivity contribution in [3.8, 4) is 0 Å². The van der Waals surface area contributed by atoms with Gasteiger partial charge in [0.05, 0.1) is 11.4 Å². The van der Waals surface area contributed by atoms with Gasteiger partial charge in [-0.3, -0.25) is 0 Å². The minimum atomic E-state index is -0.217. The number of hydrogen-bond acceptors (Lipinski definition) is 2. The molecule has 1 aromatic rings. The van der Waals surface area contributed by atoms with E-state index in [0.717, 1.165) is 12.2 Å². The van der Waals surface area contributed by atoms with Gasteiger partial charge in [-0.15, -0.1) is 0 Å². The Labute approximate surface area is 96.2 Å². The van der Waals surface area contributed by atoms with Crippen LogP contribution < -0.4 is 10.6 Å². The number of halogens is 1. The van der Waals surface area contributed by atoms with Gasteiger partial charge < -0.3 is 10.6 Å². The highest BCUT2D eigenvalue weighted by atomic mass is 19.1. The Morgan fingerprint density at radius 1 is 1.38 bits per heavy atom. The highest BCUT2D eigenvalue weighted by Crippen LogP contribution is 2.31. The lowest BCUT2D eigenvalue weighted by Crippen LogP contribution is -2.37. The molecule has 1 fully saturated rings.